The summed E-state index contributed by atoms with van der Waals surface area (Å²) in [5.74, 6) is 1.57. The molecule has 0 saturated carbocycles. The van der Waals surface area contributed by atoms with Crippen molar-refractivity contribution in [3.05, 3.63) is 35.5 Å². The Morgan fingerprint density at radius 3 is 2.95 bits per heavy atom. The molecule has 2 amide bonds. The molecule has 2 aromatic heterocycles. The molecule has 0 aromatic carbocycles. The van der Waals surface area contributed by atoms with E-state index in [1.54, 1.807) is 4.90 Å². The molecule has 3 rings (SSSR count). The van der Waals surface area contributed by atoms with E-state index in [0.717, 1.165) is 23.8 Å². The first-order chi connectivity index (χ1) is 10.1. The smallest absolute Gasteiger partial charge is 0.315 e. The lowest BCUT2D eigenvalue weighted by Crippen LogP contribution is -2.41. The molecule has 110 valence electrons. The summed E-state index contributed by atoms with van der Waals surface area (Å²) in [5.41, 5.74) is 7.08. The summed E-state index contributed by atoms with van der Waals surface area (Å²) in [6.45, 7) is 4.25. The van der Waals surface area contributed by atoms with E-state index in [1.807, 2.05) is 25.3 Å². The highest BCUT2D eigenvalue weighted by Gasteiger charge is 2.20. The fourth-order valence-electron chi connectivity index (χ4n) is 2.26. The van der Waals surface area contributed by atoms with E-state index in [9.17, 15) is 4.79 Å². The number of nitrogens with one attached hydrogen (secondary N) is 1. The van der Waals surface area contributed by atoms with Crippen molar-refractivity contribution in [2.75, 3.05) is 11.9 Å². The van der Waals surface area contributed by atoms with Crippen molar-refractivity contribution in [1.29, 1.82) is 0 Å². The van der Waals surface area contributed by atoms with Gasteiger partial charge in [0.05, 0.1) is 24.5 Å². The first-order valence-electron chi connectivity index (χ1n) is 6.75. The number of nitrogens with two attached hydrogens (primary N) is 1. The predicted molar refractivity (Wildman–Crippen MR) is 76.3 cm³/mol. The predicted octanol–water partition coefficient (Wildman–Crippen LogP) is 0.488. The van der Waals surface area contributed by atoms with E-state index in [4.69, 9.17) is 5.73 Å². The molecular formula is C13H17N7O. The molecule has 3 N–H and O–H groups in total. The summed E-state index contributed by atoms with van der Waals surface area (Å²) in [6.07, 6.45) is 1.99. The second kappa shape index (κ2) is 5.39. The molecule has 0 bridgehead atoms. The lowest BCUT2D eigenvalue weighted by molar-refractivity contribution is 0.191. The van der Waals surface area contributed by atoms with Gasteiger partial charge in [-0.25, -0.2) is 9.78 Å². The lowest BCUT2D eigenvalue weighted by atomic mass is 10.4. The third-order valence-corrected chi connectivity index (χ3v) is 3.41. The second-order valence-corrected chi connectivity index (χ2v) is 5.02. The Morgan fingerprint density at radius 1 is 1.38 bits per heavy atom. The molecule has 0 atom stereocenters. The average molecular weight is 287 g/mol. The fourth-order valence-corrected chi connectivity index (χ4v) is 2.26. The van der Waals surface area contributed by atoms with E-state index in [0.29, 0.717) is 25.5 Å². The average Bonchev–Trinajstić information content (AvgIpc) is 2.88. The molecule has 3 heterocycles. The van der Waals surface area contributed by atoms with Crippen LogP contribution in [0, 0.1) is 6.92 Å². The number of imidazole rings is 1. The Kier molecular flexibility index (Phi) is 3.43. The van der Waals surface area contributed by atoms with Gasteiger partial charge in [0, 0.05) is 19.3 Å². The number of aromatic nitrogens is 4. The molecule has 8 heteroatoms. The number of anilines is 1. The maximum atomic E-state index is 11.2. The molecule has 0 radical (unpaired) electrons. The Labute approximate surface area is 122 Å². The summed E-state index contributed by atoms with van der Waals surface area (Å²) >= 11 is 0. The van der Waals surface area contributed by atoms with Gasteiger partial charge in [0.2, 0.25) is 0 Å². The summed E-state index contributed by atoms with van der Waals surface area (Å²) in [5, 5.41) is 11.2. The molecule has 21 heavy (non-hydrogen) atoms. The van der Waals surface area contributed by atoms with Crippen LogP contribution in [0.4, 0.5) is 10.6 Å². The van der Waals surface area contributed by atoms with Crippen LogP contribution in [0.25, 0.3) is 0 Å². The van der Waals surface area contributed by atoms with Crippen LogP contribution in [-0.4, -0.2) is 37.2 Å². The van der Waals surface area contributed by atoms with Crippen LogP contribution in [-0.2, 0) is 19.6 Å². The number of hydrogen-bond acceptors (Lipinski definition) is 5. The number of primary amides is 1. The molecule has 0 fully saturated rings. The van der Waals surface area contributed by atoms with Crippen LogP contribution in [0.3, 0.4) is 0 Å². The quantitative estimate of drug-likeness (QED) is 0.855. The van der Waals surface area contributed by atoms with Crippen molar-refractivity contribution in [1.82, 2.24) is 24.6 Å². The minimum atomic E-state index is -0.404. The van der Waals surface area contributed by atoms with E-state index in [1.165, 1.54) is 0 Å². The van der Waals surface area contributed by atoms with Crippen molar-refractivity contribution in [3.63, 3.8) is 0 Å². The first kappa shape index (κ1) is 13.3. The Hall–Kier alpha value is -2.64. The number of urea groups is 1. The summed E-state index contributed by atoms with van der Waals surface area (Å²) < 4.78 is 2.05. The lowest BCUT2D eigenvalue weighted by Gasteiger charge is -2.25. The zero-order valence-electron chi connectivity index (χ0n) is 11.8. The monoisotopic (exact) mass is 287 g/mol. The molecule has 0 saturated heterocycles. The van der Waals surface area contributed by atoms with Gasteiger partial charge in [-0.1, -0.05) is 0 Å². The van der Waals surface area contributed by atoms with Crippen molar-refractivity contribution in [2.24, 2.45) is 5.73 Å². The molecule has 0 aliphatic carbocycles. The Morgan fingerprint density at radius 2 is 2.24 bits per heavy atom. The Bertz CT molecular complexity index is 649. The molecule has 8 nitrogen and oxygen atoms in total. The third-order valence-electron chi connectivity index (χ3n) is 3.41. The number of amides is 2. The molecule has 1 aliphatic heterocycles. The van der Waals surface area contributed by atoms with Crippen molar-refractivity contribution in [3.8, 4) is 0 Å². The number of rotatable bonds is 3. The van der Waals surface area contributed by atoms with E-state index < -0.39 is 6.03 Å². The largest absolute Gasteiger partial charge is 0.363 e. The van der Waals surface area contributed by atoms with Crippen LogP contribution < -0.4 is 11.1 Å². The van der Waals surface area contributed by atoms with Crippen LogP contribution >= 0.6 is 0 Å². The van der Waals surface area contributed by atoms with Crippen molar-refractivity contribution < 1.29 is 4.79 Å². The highest BCUT2D eigenvalue weighted by Crippen LogP contribution is 2.13. The zero-order chi connectivity index (χ0) is 14.8. The minimum Gasteiger partial charge on any atom is -0.363 e. The molecule has 2 aromatic rings. The SMILES string of the molecule is Cc1ccc(NCc2cn3c(n2)CN(C(N)=O)CC3)nn1. The number of carbonyl (C=O) groups excluding carboxylic acids is 1. The van der Waals surface area contributed by atoms with Gasteiger partial charge < -0.3 is 20.5 Å². The topological polar surface area (TPSA) is 102 Å². The summed E-state index contributed by atoms with van der Waals surface area (Å²) in [7, 11) is 0. The van der Waals surface area contributed by atoms with Gasteiger partial charge in [0.1, 0.15) is 11.6 Å². The molecule has 1 aliphatic rings. The molecular weight excluding hydrogens is 270 g/mol. The van der Waals surface area contributed by atoms with Crippen molar-refractivity contribution in [2.45, 2.75) is 26.6 Å². The first-order valence-corrected chi connectivity index (χ1v) is 6.75. The van der Waals surface area contributed by atoms with Crippen molar-refractivity contribution >= 4 is 11.8 Å². The normalized spacial score (nSPS) is 13.9. The zero-order valence-corrected chi connectivity index (χ0v) is 11.8. The number of fused-ring (bicyclic) bond motifs is 1. The van der Waals surface area contributed by atoms with E-state index in [-0.39, 0.29) is 0 Å². The maximum absolute atomic E-state index is 11.2. The van der Waals surface area contributed by atoms with Gasteiger partial charge >= 0.3 is 6.03 Å². The number of nitrogens with zero attached hydrogens (tertiary/aromatic N) is 5. The van der Waals surface area contributed by atoms with E-state index >= 15 is 0 Å². The van der Waals surface area contributed by atoms with Gasteiger partial charge in [-0.15, -0.1) is 5.10 Å². The van der Waals surface area contributed by atoms with Gasteiger partial charge in [-0.05, 0) is 19.1 Å². The van der Waals surface area contributed by atoms with Crippen LogP contribution in [0.5, 0.6) is 0 Å². The third kappa shape index (κ3) is 2.93. The fraction of sp³-hybridized carbons (Fsp3) is 0.385. The highest BCUT2D eigenvalue weighted by molar-refractivity contribution is 5.72. The standard InChI is InChI=1S/C13H17N7O/c1-9-2-3-11(18-17-9)15-6-10-7-19-4-5-20(13(14)21)8-12(19)16-10/h2-3,7H,4-6,8H2,1H3,(H2,14,21)(H,15,18). The number of carbonyl (C=O) groups is 1. The second-order valence-electron chi connectivity index (χ2n) is 5.02. The van der Waals surface area contributed by atoms with Gasteiger partial charge in [-0.3, -0.25) is 0 Å². The van der Waals surface area contributed by atoms with Gasteiger partial charge in [0.25, 0.3) is 0 Å². The Balaban J connectivity index is 1.65. The van der Waals surface area contributed by atoms with Gasteiger partial charge in [0.15, 0.2) is 0 Å². The van der Waals surface area contributed by atoms with Crippen LogP contribution in [0.15, 0.2) is 18.3 Å². The van der Waals surface area contributed by atoms with Crippen LogP contribution in [0.2, 0.25) is 0 Å². The minimum absolute atomic E-state index is 0.404. The molecule has 0 spiro atoms. The molecule has 0 unspecified atom stereocenters. The highest BCUT2D eigenvalue weighted by atomic mass is 16.2. The summed E-state index contributed by atoms with van der Waals surface area (Å²) in [4.78, 5) is 17.3. The number of hydrogen-bond donors (Lipinski definition) is 2. The van der Waals surface area contributed by atoms with E-state index in [2.05, 4.69) is 25.1 Å². The van der Waals surface area contributed by atoms with Gasteiger partial charge in [-0.2, -0.15) is 5.10 Å². The number of aryl methyl sites for hydroxylation is 1. The maximum Gasteiger partial charge on any atom is 0.315 e. The summed E-state index contributed by atoms with van der Waals surface area (Å²) in [6, 6.07) is 3.38. The van der Waals surface area contributed by atoms with Crippen LogP contribution in [0.1, 0.15) is 17.2 Å².